The number of aliphatic carboxylic acids is 1. The largest absolute Gasteiger partial charge is 0.481 e. The Morgan fingerprint density at radius 2 is 2.13 bits per heavy atom. The van der Waals surface area contributed by atoms with Gasteiger partial charge in [0, 0.05) is 5.54 Å². The predicted octanol–water partition coefficient (Wildman–Crippen LogP) is 0.259. The van der Waals surface area contributed by atoms with Gasteiger partial charge in [0.2, 0.25) is 5.91 Å². The number of hydrogen-bond acceptors (Lipinski definition) is 3. The van der Waals surface area contributed by atoms with Crippen LogP contribution in [0.15, 0.2) is 12.7 Å². The lowest BCUT2D eigenvalue weighted by atomic mass is 10.00. The average Bonchev–Trinajstić information content (AvgIpc) is 2.00. The Bertz CT molecular complexity index is 261. The van der Waals surface area contributed by atoms with Crippen molar-refractivity contribution in [1.29, 1.82) is 0 Å². The van der Waals surface area contributed by atoms with Crippen molar-refractivity contribution in [2.45, 2.75) is 38.3 Å². The van der Waals surface area contributed by atoms with Crippen molar-refractivity contribution in [3.8, 4) is 0 Å². The Hall–Kier alpha value is -1.36. The average molecular weight is 214 g/mol. The van der Waals surface area contributed by atoms with Gasteiger partial charge < -0.3 is 16.2 Å². The highest BCUT2D eigenvalue weighted by molar-refractivity contribution is 5.83. The van der Waals surface area contributed by atoms with Crippen LogP contribution in [0.1, 0.15) is 26.7 Å². The normalized spacial score (nSPS) is 13.0. The van der Waals surface area contributed by atoms with Crippen molar-refractivity contribution in [1.82, 2.24) is 5.32 Å². The summed E-state index contributed by atoms with van der Waals surface area (Å²) in [6.07, 6.45) is 1.78. The number of carboxylic acid groups (broad SMARTS) is 1. The van der Waals surface area contributed by atoms with E-state index in [0.717, 1.165) is 0 Å². The lowest BCUT2D eigenvalue weighted by molar-refractivity contribution is -0.138. The molecular weight excluding hydrogens is 196 g/mol. The van der Waals surface area contributed by atoms with E-state index in [0.29, 0.717) is 6.42 Å². The van der Waals surface area contributed by atoms with Crippen LogP contribution in [0.3, 0.4) is 0 Å². The second kappa shape index (κ2) is 5.50. The lowest BCUT2D eigenvalue weighted by Gasteiger charge is -2.25. The molecule has 0 spiro atoms. The monoisotopic (exact) mass is 214 g/mol. The van der Waals surface area contributed by atoms with Crippen LogP contribution in [0.4, 0.5) is 0 Å². The number of amides is 1. The molecule has 0 radical (unpaired) electrons. The minimum Gasteiger partial charge on any atom is -0.481 e. The molecule has 5 heteroatoms. The van der Waals surface area contributed by atoms with Gasteiger partial charge in [-0.3, -0.25) is 9.59 Å². The molecule has 0 heterocycles. The number of nitrogens with one attached hydrogen (secondary N) is 1. The van der Waals surface area contributed by atoms with Crippen LogP contribution in [0.25, 0.3) is 0 Å². The van der Waals surface area contributed by atoms with Gasteiger partial charge in [0.25, 0.3) is 0 Å². The van der Waals surface area contributed by atoms with E-state index in [1.54, 1.807) is 19.9 Å². The molecule has 86 valence electrons. The summed E-state index contributed by atoms with van der Waals surface area (Å²) in [6.45, 7) is 6.75. The zero-order valence-corrected chi connectivity index (χ0v) is 9.12. The fourth-order valence-electron chi connectivity index (χ4n) is 1.14. The number of carbonyl (C=O) groups excluding carboxylic acids is 1. The van der Waals surface area contributed by atoms with Gasteiger partial charge in [0.15, 0.2) is 0 Å². The second-order valence-electron chi connectivity index (χ2n) is 4.07. The molecule has 0 fully saturated rings. The van der Waals surface area contributed by atoms with Crippen molar-refractivity contribution in [3.05, 3.63) is 12.7 Å². The third kappa shape index (κ3) is 5.85. The molecule has 0 aliphatic heterocycles. The molecule has 1 unspecified atom stereocenters. The molecule has 0 aromatic rings. The molecule has 1 atom stereocenters. The molecule has 0 aromatic carbocycles. The van der Waals surface area contributed by atoms with E-state index in [1.807, 2.05) is 0 Å². The van der Waals surface area contributed by atoms with Crippen molar-refractivity contribution >= 4 is 11.9 Å². The molecule has 1 amide bonds. The van der Waals surface area contributed by atoms with E-state index in [-0.39, 0.29) is 12.3 Å². The van der Waals surface area contributed by atoms with Gasteiger partial charge in [0.05, 0.1) is 12.5 Å². The van der Waals surface area contributed by atoms with Crippen LogP contribution < -0.4 is 11.1 Å². The highest BCUT2D eigenvalue weighted by Gasteiger charge is 2.25. The molecule has 0 aliphatic rings. The summed E-state index contributed by atoms with van der Waals surface area (Å²) in [7, 11) is 0. The van der Waals surface area contributed by atoms with Crippen LogP contribution >= 0.6 is 0 Å². The topological polar surface area (TPSA) is 92.4 Å². The summed E-state index contributed by atoms with van der Waals surface area (Å²) in [6, 6.07) is -0.671. The molecule has 0 saturated carbocycles. The van der Waals surface area contributed by atoms with Crippen LogP contribution in [0.2, 0.25) is 0 Å². The molecule has 5 nitrogen and oxygen atoms in total. The Balaban J connectivity index is 4.25. The molecule has 0 aromatic heterocycles. The Morgan fingerprint density at radius 1 is 1.60 bits per heavy atom. The van der Waals surface area contributed by atoms with Gasteiger partial charge in [0.1, 0.15) is 0 Å². The highest BCUT2D eigenvalue weighted by Crippen LogP contribution is 2.08. The zero-order valence-electron chi connectivity index (χ0n) is 9.12. The standard InChI is InChI=1S/C10H18N2O3/c1-4-5-7(11)9(15)12-10(2,3)6-8(13)14/h4,7H,1,5-6,11H2,2-3H3,(H,12,15)(H,13,14). The minimum atomic E-state index is -0.961. The van der Waals surface area contributed by atoms with Crippen LogP contribution in [-0.2, 0) is 9.59 Å². The van der Waals surface area contributed by atoms with Gasteiger partial charge >= 0.3 is 5.97 Å². The van der Waals surface area contributed by atoms with E-state index in [1.165, 1.54) is 0 Å². The number of nitrogens with two attached hydrogens (primary N) is 1. The molecule has 0 aliphatic carbocycles. The van der Waals surface area contributed by atoms with Crippen molar-refractivity contribution in [2.24, 2.45) is 5.73 Å². The van der Waals surface area contributed by atoms with Crippen LogP contribution in [0, 0.1) is 0 Å². The molecule has 15 heavy (non-hydrogen) atoms. The molecule has 0 rings (SSSR count). The quantitative estimate of drug-likeness (QED) is 0.553. The Morgan fingerprint density at radius 3 is 2.53 bits per heavy atom. The molecule has 0 bridgehead atoms. The molecule has 4 N–H and O–H groups in total. The SMILES string of the molecule is C=CCC(N)C(=O)NC(C)(C)CC(=O)O. The van der Waals surface area contributed by atoms with E-state index in [9.17, 15) is 9.59 Å². The summed E-state index contributed by atoms with van der Waals surface area (Å²) in [5.41, 5.74) is 4.75. The minimum absolute atomic E-state index is 0.139. The van der Waals surface area contributed by atoms with Crippen molar-refractivity contribution < 1.29 is 14.7 Å². The van der Waals surface area contributed by atoms with Gasteiger partial charge in [-0.15, -0.1) is 6.58 Å². The first kappa shape index (κ1) is 13.6. The molecular formula is C10H18N2O3. The maximum absolute atomic E-state index is 11.5. The van der Waals surface area contributed by atoms with E-state index >= 15 is 0 Å². The third-order valence-corrected chi connectivity index (χ3v) is 1.81. The maximum Gasteiger partial charge on any atom is 0.305 e. The smallest absolute Gasteiger partial charge is 0.305 e. The van der Waals surface area contributed by atoms with Crippen molar-refractivity contribution in [2.75, 3.05) is 0 Å². The fourth-order valence-corrected chi connectivity index (χ4v) is 1.14. The zero-order chi connectivity index (χ0) is 12.1. The maximum atomic E-state index is 11.5. The fraction of sp³-hybridized carbons (Fsp3) is 0.600. The van der Waals surface area contributed by atoms with Crippen molar-refractivity contribution in [3.63, 3.8) is 0 Å². The first-order valence-electron chi connectivity index (χ1n) is 4.69. The summed E-state index contributed by atoms with van der Waals surface area (Å²) in [4.78, 5) is 21.9. The lowest BCUT2D eigenvalue weighted by Crippen LogP contribution is -2.51. The Labute approximate surface area is 89.3 Å². The number of carboxylic acids is 1. The second-order valence-corrected chi connectivity index (χ2v) is 4.07. The summed E-state index contributed by atoms with van der Waals surface area (Å²) in [5, 5.41) is 11.2. The van der Waals surface area contributed by atoms with Gasteiger partial charge in [-0.05, 0) is 20.3 Å². The first-order valence-corrected chi connectivity index (χ1v) is 4.69. The van der Waals surface area contributed by atoms with Gasteiger partial charge in [-0.2, -0.15) is 0 Å². The van der Waals surface area contributed by atoms with Crippen LogP contribution in [-0.4, -0.2) is 28.6 Å². The summed E-state index contributed by atoms with van der Waals surface area (Å²) < 4.78 is 0. The van der Waals surface area contributed by atoms with Gasteiger partial charge in [-0.1, -0.05) is 6.08 Å². The van der Waals surface area contributed by atoms with E-state index in [4.69, 9.17) is 10.8 Å². The van der Waals surface area contributed by atoms with Crippen LogP contribution in [0.5, 0.6) is 0 Å². The first-order chi connectivity index (χ1) is 6.78. The summed E-state index contributed by atoms with van der Waals surface area (Å²) >= 11 is 0. The summed E-state index contributed by atoms with van der Waals surface area (Å²) in [5.74, 6) is -1.32. The predicted molar refractivity (Wildman–Crippen MR) is 57.3 cm³/mol. The Kier molecular flexibility index (Phi) is 5.00. The third-order valence-electron chi connectivity index (χ3n) is 1.81. The van der Waals surface area contributed by atoms with E-state index in [2.05, 4.69) is 11.9 Å². The number of rotatable bonds is 6. The molecule has 0 saturated heterocycles. The highest BCUT2D eigenvalue weighted by atomic mass is 16.4. The van der Waals surface area contributed by atoms with E-state index < -0.39 is 17.6 Å². The number of carbonyl (C=O) groups is 2. The number of hydrogen-bond donors (Lipinski definition) is 3. The van der Waals surface area contributed by atoms with Gasteiger partial charge in [-0.25, -0.2) is 0 Å².